The fraction of sp³-hybridized carbons (Fsp3) is 0.279. The highest BCUT2D eigenvalue weighted by Gasteiger charge is 2.55. The average Bonchev–Trinajstić information content (AvgIpc) is 3.63. The van der Waals surface area contributed by atoms with Crippen molar-refractivity contribution in [3.8, 4) is 0 Å². The predicted molar refractivity (Wildman–Crippen MR) is 201 cm³/mol. The Kier molecular flexibility index (Phi) is 12.7. The average molecular weight is 733 g/mol. The van der Waals surface area contributed by atoms with Gasteiger partial charge in [-0.05, 0) is 35.4 Å². The van der Waals surface area contributed by atoms with Gasteiger partial charge in [0.1, 0.15) is 31.0 Å². The van der Waals surface area contributed by atoms with Crippen LogP contribution in [0.4, 0.5) is 0 Å². The van der Waals surface area contributed by atoms with E-state index in [1.54, 1.807) is 43.5 Å². The molecule has 0 unspecified atom stereocenters. The molecule has 3 N–H and O–H groups in total. The lowest BCUT2D eigenvalue weighted by Crippen LogP contribution is -2.51. The van der Waals surface area contributed by atoms with Gasteiger partial charge in [0, 0.05) is 43.1 Å². The summed E-state index contributed by atoms with van der Waals surface area (Å²) in [7, 11) is 1.57. The first-order valence-corrected chi connectivity index (χ1v) is 17.9. The number of likely N-dealkylation sites (N-methyl/N-ethyl adjacent to an activating group) is 1. The Labute approximate surface area is 314 Å². The van der Waals surface area contributed by atoms with E-state index in [4.69, 9.17) is 24.1 Å². The molecular weight excluding hydrogens is 688 g/mol. The Hall–Kier alpha value is -5.59. The quantitative estimate of drug-likeness (QED) is 0.0922. The molecule has 1 aliphatic heterocycles. The second kappa shape index (κ2) is 18.0. The molecule has 1 saturated heterocycles. The number of hydrogen-bond donors (Lipinski definition) is 3. The smallest absolute Gasteiger partial charge is 0.338 e. The van der Waals surface area contributed by atoms with Crippen LogP contribution in [-0.4, -0.2) is 90.7 Å². The molecule has 0 spiro atoms. The molecular formula is C43H44N2O9. The molecule has 11 heteroatoms. The van der Waals surface area contributed by atoms with E-state index in [2.05, 4.69) is 5.32 Å². The number of nitrogens with zero attached hydrogens (tertiary/aromatic N) is 1. The number of aliphatic hydroxyl groups is 2. The van der Waals surface area contributed by atoms with Crippen molar-refractivity contribution in [1.29, 1.82) is 0 Å². The van der Waals surface area contributed by atoms with Gasteiger partial charge in [-0.25, -0.2) is 4.79 Å². The van der Waals surface area contributed by atoms with Crippen molar-refractivity contribution in [2.75, 3.05) is 33.4 Å². The minimum atomic E-state index is -1.38. The lowest BCUT2D eigenvalue weighted by Gasteiger charge is -2.33. The fourth-order valence-corrected chi connectivity index (χ4v) is 6.67. The van der Waals surface area contributed by atoms with E-state index in [0.717, 1.165) is 22.3 Å². The van der Waals surface area contributed by atoms with Crippen LogP contribution in [0, 0.1) is 0 Å². The van der Waals surface area contributed by atoms with Crippen molar-refractivity contribution in [2.24, 2.45) is 0 Å². The molecule has 1 aliphatic carbocycles. The summed E-state index contributed by atoms with van der Waals surface area (Å²) < 4.78 is 25.1. The lowest BCUT2D eigenvalue weighted by molar-refractivity contribution is -0.157. The zero-order valence-corrected chi connectivity index (χ0v) is 30.0. The van der Waals surface area contributed by atoms with Gasteiger partial charge in [0.05, 0.1) is 25.0 Å². The molecule has 6 rings (SSSR count). The van der Waals surface area contributed by atoms with Crippen LogP contribution < -0.4 is 5.32 Å². The van der Waals surface area contributed by atoms with Crippen molar-refractivity contribution < 1.29 is 43.5 Å². The number of rotatable bonds is 15. The normalized spacial score (nSPS) is 19.3. The number of carbonyl (C=O) groups is 3. The Morgan fingerprint density at radius 1 is 0.870 bits per heavy atom. The summed E-state index contributed by atoms with van der Waals surface area (Å²) in [6.07, 6.45) is 2.57. The molecule has 11 nitrogen and oxygen atoms in total. The maximum absolute atomic E-state index is 14.4. The third-order valence-electron chi connectivity index (χ3n) is 9.41. The van der Waals surface area contributed by atoms with Crippen LogP contribution in [0.25, 0.3) is 6.08 Å². The van der Waals surface area contributed by atoms with Gasteiger partial charge < -0.3 is 39.4 Å². The number of amides is 2. The predicted octanol–water partition coefficient (Wildman–Crippen LogP) is 4.39. The van der Waals surface area contributed by atoms with Crippen LogP contribution in [-0.2, 0) is 40.7 Å². The molecule has 4 aromatic carbocycles. The first-order valence-electron chi connectivity index (χ1n) is 17.9. The summed E-state index contributed by atoms with van der Waals surface area (Å²) >= 11 is 0. The maximum Gasteiger partial charge on any atom is 0.338 e. The van der Waals surface area contributed by atoms with Crippen molar-refractivity contribution in [3.05, 3.63) is 161 Å². The highest BCUT2D eigenvalue weighted by molar-refractivity contribution is 5.97. The van der Waals surface area contributed by atoms with Crippen molar-refractivity contribution >= 4 is 23.9 Å². The van der Waals surface area contributed by atoms with Gasteiger partial charge in [0.25, 0.3) is 0 Å². The summed E-state index contributed by atoms with van der Waals surface area (Å²) in [5.74, 6) is -2.84. The van der Waals surface area contributed by atoms with E-state index in [1.807, 2.05) is 91.0 Å². The summed E-state index contributed by atoms with van der Waals surface area (Å²) in [5.41, 5.74) is 3.67. The Morgan fingerprint density at radius 3 is 2.11 bits per heavy atom. The molecule has 1 fully saturated rings. The molecule has 4 atom stereocenters. The molecule has 0 radical (unpaired) electrons. The third-order valence-corrected chi connectivity index (χ3v) is 9.41. The maximum atomic E-state index is 14.4. The summed E-state index contributed by atoms with van der Waals surface area (Å²) in [6, 6.07) is 34.2. The second-order valence-corrected chi connectivity index (χ2v) is 13.0. The van der Waals surface area contributed by atoms with E-state index in [0.29, 0.717) is 11.1 Å². The number of ether oxygens (including phenoxy) is 4. The van der Waals surface area contributed by atoms with Crippen LogP contribution >= 0.6 is 0 Å². The van der Waals surface area contributed by atoms with Crippen LogP contribution in [0.15, 0.2) is 133 Å². The highest BCUT2D eigenvalue weighted by Crippen LogP contribution is 2.47. The fourth-order valence-electron chi connectivity index (χ4n) is 6.67. The summed E-state index contributed by atoms with van der Waals surface area (Å²) in [5, 5.41) is 21.0. The number of esters is 1. The summed E-state index contributed by atoms with van der Waals surface area (Å²) in [6.45, 7) is -0.135. The molecule has 4 aromatic rings. The molecule has 0 bridgehead atoms. The lowest BCUT2D eigenvalue weighted by atomic mass is 9.90. The number of fused-ring (bicyclic) bond motifs is 1. The van der Waals surface area contributed by atoms with E-state index in [9.17, 15) is 19.5 Å². The molecule has 1 heterocycles. The Balaban J connectivity index is 1.33. The molecule has 2 aliphatic rings. The first kappa shape index (κ1) is 38.1. The van der Waals surface area contributed by atoms with Gasteiger partial charge in [-0.3, -0.25) is 9.59 Å². The number of nitrogens with one attached hydrogen (secondary N) is 1. The molecule has 54 heavy (non-hydrogen) atoms. The topological polar surface area (TPSA) is 144 Å². The largest absolute Gasteiger partial charge is 0.499 e. The monoisotopic (exact) mass is 732 g/mol. The zero-order chi connectivity index (χ0) is 37.9. The van der Waals surface area contributed by atoms with E-state index in [1.165, 1.54) is 11.2 Å². The Bertz CT molecular complexity index is 1880. The minimum Gasteiger partial charge on any atom is -0.499 e. The number of hydrogen-bond acceptors (Lipinski definition) is 9. The highest BCUT2D eigenvalue weighted by atomic mass is 16.8. The zero-order valence-electron chi connectivity index (χ0n) is 30.0. The number of benzene rings is 4. The molecule has 0 aromatic heterocycles. The van der Waals surface area contributed by atoms with Gasteiger partial charge in [0.15, 0.2) is 0 Å². The molecule has 280 valence electrons. The van der Waals surface area contributed by atoms with Crippen LogP contribution in [0.1, 0.15) is 39.0 Å². The van der Waals surface area contributed by atoms with Crippen molar-refractivity contribution in [3.63, 3.8) is 0 Å². The van der Waals surface area contributed by atoms with Crippen LogP contribution in [0.5, 0.6) is 0 Å². The second-order valence-electron chi connectivity index (χ2n) is 13.0. The number of carbonyl (C=O) groups excluding carboxylic acids is 3. The van der Waals surface area contributed by atoms with Gasteiger partial charge in [-0.2, -0.15) is 0 Å². The number of aliphatic hydroxyl groups excluding tert-OH is 2. The van der Waals surface area contributed by atoms with E-state index < -0.39 is 47.9 Å². The summed E-state index contributed by atoms with van der Waals surface area (Å²) in [4.78, 5) is 43.0. The van der Waals surface area contributed by atoms with Gasteiger partial charge in [-0.1, -0.05) is 103 Å². The van der Waals surface area contributed by atoms with Crippen LogP contribution in [0.3, 0.4) is 0 Å². The van der Waals surface area contributed by atoms with Crippen molar-refractivity contribution in [1.82, 2.24) is 10.2 Å². The molecule has 2 amide bonds. The van der Waals surface area contributed by atoms with Gasteiger partial charge in [0.2, 0.25) is 17.6 Å². The Morgan fingerprint density at radius 2 is 1.50 bits per heavy atom. The SMILES string of the molecule is CN(C(=O)C1=C[C@H]2OC(c3ccccc3)(c3ccccc3)O[C@H]2[C@H](OC(=O)c2ccc(C=COCCO)cc2)C1)[C@H](Cc1ccccc1)C(=O)NCCO. The van der Waals surface area contributed by atoms with Gasteiger partial charge >= 0.3 is 5.97 Å². The third kappa shape index (κ3) is 8.78. The van der Waals surface area contributed by atoms with E-state index >= 15 is 0 Å². The standard InChI is InChI=1S/C43H44N2O9/c1-45(36(40(48)44-22-23-46)27-31-11-5-2-6-12-31)41(49)33-28-37(52-42(50)32-19-17-30(18-20-32)21-25-51-26-24-47)39-38(29-33)53-43(54-39,34-13-7-3-8-14-34)35-15-9-4-10-16-35/h2-21,25,29,36-39,46-47H,22-24,26-28H2,1H3,(H,44,48)/t36-,37-,38-,39+/m1/s1. The van der Waals surface area contributed by atoms with Gasteiger partial charge in [-0.15, -0.1) is 0 Å². The molecule has 0 saturated carbocycles. The van der Waals surface area contributed by atoms with E-state index in [-0.39, 0.29) is 39.2 Å². The minimum absolute atomic E-state index is 0.00155. The van der Waals surface area contributed by atoms with Crippen LogP contribution in [0.2, 0.25) is 0 Å². The van der Waals surface area contributed by atoms with Crippen molar-refractivity contribution in [2.45, 2.75) is 43.0 Å². The first-order chi connectivity index (χ1) is 26.3.